The summed E-state index contributed by atoms with van der Waals surface area (Å²) >= 11 is 6.61. The number of hydrogen-bond acceptors (Lipinski definition) is 2. The summed E-state index contributed by atoms with van der Waals surface area (Å²) in [6, 6.07) is 24.5. The molecule has 0 saturated heterocycles. The zero-order valence-electron chi connectivity index (χ0n) is 17.0. The van der Waals surface area contributed by atoms with E-state index in [1.165, 1.54) is 0 Å². The summed E-state index contributed by atoms with van der Waals surface area (Å²) in [5.41, 5.74) is 6.49. The number of aromatic nitrogens is 2. The maximum absolute atomic E-state index is 6.61. The van der Waals surface area contributed by atoms with Crippen LogP contribution >= 0.6 is 24.0 Å². The minimum Gasteiger partial charge on any atom is -0.362 e. The molecule has 1 aromatic heterocycles. The molecule has 5 heteroatoms. The number of aryl methyl sites for hydroxylation is 1. The molecule has 30 heavy (non-hydrogen) atoms. The molecule has 1 atom stereocenters. The van der Waals surface area contributed by atoms with Crippen molar-refractivity contribution >= 4 is 24.0 Å². The molecular formula is C25H24Cl2N2O. The molecule has 4 aromatic rings. The van der Waals surface area contributed by atoms with Gasteiger partial charge in [0.2, 0.25) is 0 Å². The Hall–Kier alpha value is -2.59. The number of nitrogens with zero attached hydrogens (tertiary/aromatic N) is 2. The number of rotatable bonds is 6. The van der Waals surface area contributed by atoms with E-state index in [2.05, 4.69) is 42.2 Å². The van der Waals surface area contributed by atoms with Crippen LogP contribution in [-0.2, 0) is 18.4 Å². The van der Waals surface area contributed by atoms with Crippen LogP contribution in [0.25, 0.3) is 11.1 Å². The van der Waals surface area contributed by atoms with Crippen LogP contribution in [0.3, 0.4) is 0 Å². The van der Waals surface area contributed by atoms with Crippen molar-refractivity contribution < 1.29 is 4.74 Å². The third kappa shape index (κ3) is 4.59. The fourth-order valence-corrected chi connectivity index (χ4v) is 3.96. The van der Waals surface area contributed by atoms with E-state index < -0.39 is 0 Å². The van der Waals surface area contributed by atoms with E-state index in [0.29, 0.717) is 6.61 Å². The number of ether oxygens (including phenoxy) is 1. The molecule has 1 unspecified atom stereocenters. The third-order valence-corrected chi connectivity index (χ3v) is 5.50. The van der Waals surface area contributed by atoms with Crippen molar-refractivity contribution in [2.24, 2.45) is 7.05 Å². The van der Waals surface area contributed by atoms with Crippen LogP contribution < -0.4 is 0 Å². The molecule has 0 amide bonds. The van der Waals surface area contributed by atoms with Crippen molar-refractivity contribution in [3.8, 4) is 11.1 Å². The summed E-state index contributed by atoms with van der Waals surface area (Å²) in [6.07, 6.45) is 3.42. The van der Waals surface area contributed by atoms with Gasteiger partial charge in [-0.3, -0.25) is 0 Å². The molecule has 154 valence electrons. The maximum atomic E-state index is 6.61. The Balaban J connectivity index is 0.00000256. The lowest BCUT2D eigenvalue weighted by atomic mass is 9.92. The van der Waals surface area contributed by atoms with Crippen LogP contribution in [0, 0.1) is 6.92 Å². The lowest BCUT2D eigenvalue weighted by Crippen LogP contribution is -2.12. The smallest absolute Gasteiger partial charge is 0.125 e. The van der Waals surface area contributed by atoms with Gasteiger partial charge in [-0.05, 0) is 35.2 Å². The van der Waals surface area contributed by atoms with Crippen molar-refractivity contribution in [3.05, 3.63) is 113 Å². The van der Waals surface area contributed by atoms with Crippen molar-refractivity contribution in [2.45, 2.75) is 19.6 Å². The average molecular weight is 439 g/mol. The van der Waals surface area contributed by atoms with E-state index in [-0.39, 0.29) is 18.5 Å². The quantitative estimate of drug-likeness (QED) is 0.331. The monoisotopic (exact) mass is 438 g/mol. The summed E-state index contributed by atoms with van der Waals surface area (Å²) in [4.78, 5) is 4.31. The van der Waals surface area contributed by atoms with Gasteiger partial charge in [0.05, 0.1) is 24.8 Å². The lowest BCUT2D eigenvalue weighted by molar-refractivity contribution is 0.0618. The molecule has 4 rings (SSSR count). The van der Waals surface area contributed by atoms with E-state index in [1.807, 2.05) is 60.3 Å². The first kappa shape index (κ1) is 22.1. The lowest BCUT2D eigenvalue weighted by Gasteiger charge is -2.23. The van der Waals surface area contributed by atoms with Gasteiger partial charge < -0.3 is 9.30 Å². The van der Waals surface area contributed by atoms with Crippen molar-refractivity contribution in [3.63, 3.8) is 0 Å². The molecule has 3 aromatic carbocycles. The van der Waals surface area contributed by atoms with Crippen LogP contribution in [0.15, 0.2) is 85.3 Å². The van der Waals surface area contributed by atoms with Crippen LogP contribution in [0.2, 0.25) is 5.02 Å². The van der Waals surface area contributed by atoms with Gasteiger partial charge in [-0.2, -0.15) is 0 Å². The molecule has 0 spiro atoms. The standard InChI is InChI=1S/C25H23ClN2O.ClH/c1-18-21(13-14-22(26)24(18)20-11-7-4-8-12-20)25(23-15-27-17-28(23)2)29-16-19-9-5-3-6-10-19;/h3-15,17,25H,16H2,1-2H3;1H. The number of halogens is 2. The first-order valence-electron chi connectivity index (χ1n) is 9.61. The van der Waals surface area contributed by atoms with E-state index in [1.54, 1.807) is 6.33 Å². The summed E-state index contributed by atoms with van der Waals surface area (Å²) in [6.45, 7) is 2.62. The van der Waals surface area contributed by atoms with Crippen molar-refractivity contribution in [2.75, 3.05) is 0 Å². The first-order chi connectivity index (χ1) is 14.1. The van der Waals surface area contributed by atoms with Gasteiger partial charge in [-0.25, -0.2) is 4.98 Å². The van der Waals surface area contributed by atoms with E-state index >= 15 is 0 Å². The second kappa shape index (κ2) is 9.94. The first-order valence-corrected chi connectivity index (χ1v) is 9.99. The third-order valence-electron chi connectivity index (χ3n) is 5.18. The molecule has 0 aliphatic carbocycles. The average Bonchev–Trinajstić information content (AvgIpc) is 3.17. The SMILES string of the molecule is Cc1c(C(OCc2ccccc2)c2cncn2C)ccc(Cl)c1-c1ccccc1.Cl. The maximum Gasteiger partial charge on any atom is 0.125 e. The van der Waals surface area contributed by atoms with Crippen LogP contribution in [0.5, 0.6) is 0 Å². The Labute approximate surface area is 188 Å². The second-order valence-electron chi connectivity index (χ2n) is 7.11. The molecular weight excluding hydrogens is 415 g/mol. The van der Waals surface area contributed by atoms with E-state index in [9.17, 15) is 0 Å². The molecule has 0 N–H and O–H groups in total. The van der Waals surface area contributed by atoms with Crippen molar-refractivity contribution in [1.82, 2.24) is 9.55 Å². The Bertz CT molecular complexity index is 1090. The molecule has 0 radical (unpaired) electrons. The predicted octanol–water partition coefficient (Wildman–Crippen LogP) is 6.78. The Morgan fingerprint density at radius 2 is 1.63 bits per heavy atom. The highest BCUT2D eigenvalue weighted by atomic mass is 35.5. The van der Waals surface area contributed by atoms with E-state index in [0.717, 1.165) is 38.5 Å². The summed E-state index contributed by atoms with van der Waals surface area (Å²) in [5, 5.41) is 0.740. The number of imidazole rings is 1. The molecule has 3 nitrogen and oxygen atoms in total. The molecule has 0 aliphatic heterocycles. The van der Waals surface area contributed by atoms with Crippen molar-refractivity contribution in [1.29, 1.82) is 0 Å². The second-order valence-corrected chi connectivity index (χ2v) is 7.52. The zero-order chi connectivity index (χ0) is 20.2. The molecule has 0 bridgehead atoms. The summed E-state index contributed by atoms with van der Waals surface area (Å²) in [5.74, 6) is 0. The highest BCUT2D eigenvalue weighted by molar-refractivity contribution is 6.33. The molecule has 1 heterocycles. The Morgan fingerprint density at radius 1 is 0.967 bits per heavy atom. The summed E-state index contributed by atoms with van der Waals surface area (Å²) < 4.78 is 8.45. The fourth-order valence-electron chi connectivity index (χ4n) is 3.65. The highest BCUT2D eigenvalue weighted by Gasteiger charge is 2.23. The predicted molar refractivity (Wildman–Crippen MR) is 125 cm³/mol. The molecule has 0 fully saturated rings. The summed E-state index contributed by atoms with van der Waals surface area (Å²) in [7, 11) is 1.99. The van der Waals surface area contributed by atoms with Gasteiger partial charge in [0, 0.05) is 17.6 Å². The van der Waals surface area contributed by atoms with Gasteiger partial charge in [0.15, 0.2) is 0 Å². The minimum atomic E-state index is -0.248. The van der Waals surface area contributed by atoms with Gasteiger partial charge >= 0.3 is 0 Å². The van der Waals surface area contributed by atoms with E-state index in [4.69, 9.17) is 16.3 Å². The normalized spacial score (nSPS) is 11.7. The topological polar surface area (TPSA) is 27.1 Å². The highest BCUT2D eigenvalue weighted by Crippen LogP contribution is 2.38. The Kier molecular flexibility index (Phi) is 7.33. The number of hydrogen-bond donors (Lipinski definition) is 0. The minimum absolute atomic E-state index is 0. The Morgan fingerprint density at radius 3 is 2.27 bits per heavy atom. The van der Waals surface area contributed by atoms with Gasteiger partial charge in [0.25, 0.3) is 0 Å². The molecule has 0 saturated carbocycles. The van der Waals surface area contributed by atoms with Crippen LogP contribution in [-0.4, -0.2) is 9.55 Å². The number of benzene rings is 3. The fraction of sp³-hybridized carbons (Fsp3) is 0.160. The van der Waals surface area contributed by atoms with Gasteiger partial charge in [-0.1, -0.05) is 78.3 Å². The molecule has 0 aliphatic rings. The van der Waals surface area contributed by atoms with Crippen LogP contribution in [0.1, 0.15) is 28.5 Å². The zero-order valence-corrected chi connectivity index (χ0v) is 18.5. The van der Waals surface area contributed by atoms with Gasteiger partial charge in [0.1, 0.15) is 6.10 Å². The van der Waals surface area contributed by atoms with Gasteiger partial charge in [-0.15, -0.1) is 12.4 Å². The largest absolute Gasteiger partial charge is 0.362 e. The van der Waals surface area contributed by atoms with Crippen LogP contribution in [0.4, 0.5) is 0 Å².